The van der Waals surface area contributed by atoms with E-state index >= 15 is 0 Å². The van der Waals surface area contributed by atoms with Crippen LogP contribution < -0.4 is 5.32 Å². The number of benzene rings is 1. The Labute approximate surface area is 184 Å². The molecular weight excluding hydrogens is 415 g/mol. The number of aliphatic hydroxyl groups excluding tert-OH is 1. The molecule has 2 saturated carbocycles. The molecule has 2 heterocycles. The van der Waals surface area contributed by atoms with Crippen molar-refractivity contribution in [1.82, 2.24) is 15.0 Å². The Morgan fingerprint density at radius 3 is 2.61 bits per heavy atom. The number of rotatable bonds is 5. The predicted molar refractivity (Wildman–Crippen MR) is 118 cm³/mol. The molecule has 5 rings (SSSR count). The summed E-state index contributed by atoms with van der Waals surface area (Å²) in [7, 11) is 0. The van der Waals surface area contributed by atoms with Gasteiger partial charge >= 0.3 is 0 Å². The topological polar surface area (TPSA) is 91.2 Å². The number of aryl methyl sites for hydroxylation is 1. The molecule has 0 spiro atoms. The minimum atomic E-state index is -0.964. The van der Waals surface area contributed by atoms with Gasteiger partial charge in [-0.1, -0.05) is 6.07 Å². The fourth-order valence-electron chi connectivity index (χ4n) is 4.13. The Morgan fingerprint density at radius 1 is 1.10 bits per heavy atom. The highest BCUT2D eigenvalue weighted by Gasteiger charge is 2.37. The Kier molecular flexibility index (Phi) is 5.24. The van der Waals surface area contributed by atoms with E-state index in [9.17, 15) is 14.6 Å². The summed E-state index contributed by atoms with van der Waals surface area (Å²) in [5.74, 6) is 0.252. The summed E-state index contributed by atoms with van der Waals surface area (Å²) in [4.78, 5) is 13.9. The zero-order valence-electron chi connectivity index (χ0n) is 17.3. The van der Waals surface area contributed by atoms with Crippen LogP contribution in [0.2, 0.25) is 0 Å². The van der Waals surface area contributed by atoms with Crippen molar-refractivity contribution in [1.29, 1.82) is 0 Å². The monoisotopic (exact) mass is 440 g/mol. The van der Waals surface area contributed by atoms with Crippen molar-refractivity contribution in [2.45, 2.75) is 63.1 Å². The molecule has 162 valence electrons. The summed E-state index contributed by atoms with van der Waals surface area (Å²) in [5.41, 5.74) is 2.38. The van der Waals surface area contributed by atoms with Crippen LogP contribution in [-0.2, 0) is 5.60 Å². The minimum Gasteiger partial charge on any atom is -0.393 e. The quantitative estimate of drug-likeness (QED) is 0.528. The highest BCUT2D eigenvalue weighted by Crippen LogP contribution is 2.42. The maximum Gasteiger partial charge on any atom is 0.227 e. The van der Waals surface area contributed by atoms with Crippen LogP contribution in [0.1, 0.15) is 60.7 Å². The van der Waals surface area contributed by atoms with E-state index in [0.29, 0.717) is 42.3 Å². The molecule has 2 aliphatic carbocycles. The number of hydrogen-bond acceptors (Lipinski definition) is 7. The third-order valence-electron chi connectivity index (χ3n) is 6.04. The van der Waals surface area contributed by atoms with E-state index in [-0.39, 0.29) is 17.8 Å². The molecule has 0 unspecified atom stereocenters. The summed E-state index contributed by atoms with van der Waals surface area (Å²) in [5, 5.41) is 24.7. The number of aromatic nitrogens is 3. The van der Waals surface area contributed by atoms with E-state index in [1.54, 1.807) is 6.20 Å². The number of anilines is 2. The van der Waals surface area contributed by atoms with Gasteiger partial charge in [-0.15, -0.1) is 11.3 Å². The van der Waals surface area contributed by atoms with Gasteiger partial charge in [-0.3, -0.25) is 0 Å². The normalized spacial score (nSPS) is 23.7. The van der Waals surface area contributed by atoms with Crippen LogP contribution in [0.3, 0.4) is 0 Å². The van der Waals surface area contributed by atoms with Gasteiger partial charge in [-0.2, -0.15) is 0 Å². The van der Waals surface area contributed by atoms with Crippen molar-refractivity contribution >= 4 is 23.0 Å². The first-order valence-electron chi connectivity index (χ1n) is 10.7. The van der Waals surface area contributed by atoms with Crippen LogP contribution in [0.15, 0.2) is 30.6 Å². The minimum absolute atomic E-state index is 0.207. The largest absolute Gasteiger partial charge is 0.393 e. The zero-order valence-corrected chi connectivity index (χ0v) is 18.1. The molecule has 8 heteroatoms. The highest BCUT2D eigenvalue weighted by molar-refractivity contribution is 7.15. The van der Waals surface area contributed by atoms with Crippen molar-refractivity contribution in [3.63, 3.8) is 0 Å². The molecular formula is C23H25FN4O2S. The third kappa shape index (κ3) is 4.33. The molecule has 0 radical (unpaired) electrons. The first-order valence-corrected chi connectivity index (χ1v) is 11.5. The lowest BCUT2D eigenvalue weighted by Gasteiger charge is -2.32. The summed E-state index contributed by atoms with van der Waals surface area (Å²) in [6.45, 7) is 2.01. The maximum atomic E-state index is 14.0. The lowest BCUT2D eigenvalue weighted by molar-refractivity contribution is -0.0362. The zero-order chi connectivity index (χ0) is 21.6. The van der Waals surface area contributed by atoms with Crippen LogP contribution in [0, 0.1) is 12.7 Å². The van der Waals surface area contributed by atoms with Gasteiger partial charge in [0.05, 0.1) is 22.9 Å². The first-order chi connectivity index (χ1) is 14.9. The number of hydrogen-bond donors (Lipinski definition) is 3. The van der Waals surface area contributed by atoms with Gasteiger partial charge in [0.1, 0.15) is 10.6 Å². The number of thiazole rings is 1. The molecule has 0 bridgehead atoms. The molecule has 0 atom stereocenters. The van der Waals surface area contributed by atoms with Crippen molar-refractivity contribution in [2.75, 3.05) is 5.32 Å². The standard InChI is InChI=1S/C23H25FN4O2S/c1-13-8-15(19-12-25-21(31-19)23(30)6-4-17(29)5-7-23)10-16(9-13)27-22-26-11-18(24)20(28-22)14-2-3-14/h8-12,14,17,29-30H,2-7H2,1H3,(H,26,27,28)/t17-,23+. The Bertz CT molecular complexity index is 1110. The average molecular weight is 441 g/mol. The Hall–Kier alpha value is -2.42. The predicted octanol–water partition coefficient (Wildman–Crippen LogP) is 4.79. The first kappa shape index (κ1) is 20.5. The lowest BCUT2D eigenvalue weighted by atomic mass is 9.84. The van der Waals surface area contributed by atoms with E-state index in [2.05, 4.69) is 26.3 Å². The molecule has 2 fully saturated rings. The number of nitrogens with zero attached hydrogens (tertiary/aromatic N) is 3. The van der Waals surface area contributed by atoms with Gasteiger partial charge < -0.3 is 15.5 Å². The van der Waals surface area contributed by atoms with Gasteiger partial charge in [-0.25, -0.2) is 19.3 Å². The van der Waals surface area contributed by atoms with Crippen LogP contribution in [0.4, 0.5) is 16.0 Å². The van der Waals surface area contributed by atoms with Crippen molar-refractivity contribution in [3.05, 3.63) is 52.7 Å². The lowest BCUT2D eigenvalue weighted by Crippen LogP contribution is -2.33. The van der Waals surface area contributed by atoms with E-state index in [1.807, 2.05) is 19.1 Å². The van der Waals surface area contributed by atoms with Crippen LogP contribution in [-0.4, -0.2) is 31.3 Å². The summed E-state index contributed by atoms with van der Waals surface area (Å²) < 4.78 is 14.0. The van der Waals surface area contributed by atoms with Crippen LogP contribution >= 0.6 is 11.3 Å². The van der Waals surface area contributed by atoms with E-state index in [4.69, 9.17) is 0 Å². The molecule has 1 aromatic carbocycles. The Morgan fingerprint density at radius 2 is 1.87 bits per heavy atom. The van der Waals surface area contributed by atoms with Gasteiger partial charge in [0, 0.05) is 17.8 Å². The van der Waals surface area contributed by atoms with Gasteiger partial charge in [0.2, 0.25) is 5.95 Å². The number of aliphatic hydroxyl groups is 2. The molecule has 31 heavy (non-hydrogen) atoms. The number of halogens is 1. The van der Waals surface area contributed by atoms with Crippen molar-refractivity contribution < 1.29 is 14.6 Å². The van der Waals surface area contributed by atoms with E-state index in [1.165, 1.54) is 17.5 Å². The summed E-state index contributed by atoms with van der Waals surface area (Å²) >= 11 is 1.48. The molecule has 6 nitrogen and oxygen atoms in total. The summed E-state index contributed by atoms with van der Waals surface area (Å²) in [6.07, 6.45) is 6.86. The molecule has 0 saturated heterocycles. The van der Waals surface area contributed by atoms with Gasteiger partial charge in [-0.05, 0) is 68.7 Å². The maximum absolute atomic E-state index is 14.0. The van der Waals surface area contributed by atoms with Gasteiger partial charge in [0.25, 0.3) is 0 Å². The van der Waals surface area contributed by atoms with Crippen molar-refractivity contribution in [3.8, 4) is 10.4 Å². The second kappa shape index (κ2) is 7.93. The molecule has 2 aliphatic rings. The van der Waals surface area contributed by atoms with E-state index in [0.717, 1.165) is 34.5 Å². The van der Waals surface area contributed by atoms with Crippen LogP contribution in [0.5, 0.6) is 0 Å². The Balaban J connectivity index is 1.39. The van der Waals surface area contributed by atoms with Crippen LogP contribution in [0.25, 0.3) is 10.4 Å². The number of nitrogens with one attached hydrogen (secondary N) is 1. The molecule has 0 aliphatic heterocycles. The molecule has 2 aromatic heterocycles. The average Bonchev–Trinajstić information content (AvgIpc) is 3.46. The van der Waals surface area contributed by atoms with Gasteiger partial charge in [0.15, 0.2) is 5.82 Å². The summed E-state index contributed by atoms with van der Waals surface area (Å²) in [6, 6.07) is 6.05. The smallest absolute Gasteiger partial charge is 0.227 e. The SMILES string of the molecule is Cc1cc(Nc2ncc(F)c(C3CC3)n2)cc(-c2cnc([C@]3(O)CC[C@@H](O)CC3)s2)c1. The second-order valence-electron chi connectivity index (χ2n) is 8.71. The fourth-order valence-corrected chi connectivity index (χ4v) is 5.18. The highest BCUT2D eigenvalue weighted by atomic mass is 32.1. The van der Waals surface area contributed by atoms with E-state index < -0.39 is 5.60 Å². The molecule has 0 amide bonds. The second-order valence-corrected chi connectivity index (χ2v) is 9.74. The third-order valence-corrected chi connectivity index (χ3v) is 7.28. The molecule has 3 aromatic rings. The fraction of sp³-hybridized carbons (Fsp3) is 0.435. The molecule has 3 N–H and O–H groups in total. The van der Waals surface area contributed by atoms with Crippen molar-refractivity contribution in [2.24, 2.45) is 0 Å².